The van der Waals surface area contributed by atoms with Gasteiger partial charge in [-0.1, -0.05) is 66.8 Å². The van der Waals surface area contributed by atoms with Gasteiger partial charge in [0.1, 0.15) is 4.70 Å². The molecule has 2 saturated carbocycles. The third-order valence-electron chi connectivity index (χ3n) is 8.92. The van der Waals surface area contributed by atoms with Crippen molar-refractivity contribution in [2.75, 3.05) is 11.4 Å². The molecule has 3 aliphatic carbocycles. The van der Waals surface area contributed by atoms with Gasteiger partial charge in [0.05, 0.1) is 10.7 Å². The lowest BCUT2D eigenvalue weighted by atomic mass is 9.94. The van der Waals surface area contributed by atoms with Crippen LogP contribution in [0, 0.1) is 0 Å². The van der Waals surface area contributed by atoms with E-state index in [4.69, 9.17) is 0 Å². The Hall–Kier alpha value is -2.38. The van der Waals surface area contributed by atoms with E-state index >= 15 is 0 Å². The van der Waals surface area contributed by atoms with Crippen molar-refractivity contribution in [1.29, 1.82) is 0 Å². The highest BCUT2D eigenvalue weighted by molar-refractivity contribution is 8.03. The molecule has 0 amide bonds. The zero-order chi connectivity index (χ0) is 29.9. The zero-order valence-electron chi connectivity index (χ0n) is 25.4. The van der Waals surface area contributed by atoms with Gasteiger partial charge in [0.15, 0.2) is 6.54 Å². The Labute approximate surface area is 279 Å². The van der Waals surface area contributed by atoms with Crippen molar-refractivity contribution in [3.63, 3.8) is 0 Å². The molecule has 0 N–H and O–H groups in total. The molecule has 1 aromatic heterocycles. The molecule has 2 nitrogen and oxygen atoms in total. The predicted octanol–water partition coefficient (Wildman–Crippen LogP) is 11.4. The summed E-state index contributed by atoms with van der Waals surface area (Å²) in [4.78, 5) is 6.58. The van der Waals surface area contributed by atoms with Crippen molar-refractivity contribution in [2.24, 2.45) is 0 Å². The molecule has 2 heterocycles. The minimum Gasteiger partial charge on any atom is -0.331 e. The quantitative estimate of drug-likeness (QED) is 0.150. The van der Waals surface area contributed by atoms with Gasteiger partial charge < -0.3 is 4.90 Å². The van der Waals surface area contributed by atoms with E-state index in [1.54, 1.807) is 0 Å². The summed E-state index contributed by atoms with van der Waals surface area (Å²) in [6.45, 7) is 9.78. The second-order valence-corrected chi connectivity index (χ2v) is 17.0. The number of rotatable bonds is 11. The van der Waals surface area contributed by atoms with Crippen LogP contribution >= 0.6 is 46.6 Å². The van der Waals surface area contributed by atoms with Gasteiger partial charge in [-0.15, -0.1) is 30.1 Å². The first kappa shape index (κ1) is 30.3. The first-order chi connectivity index (χ1) is 21.7. The van der Waals surface area contributed by atoms with Crippen LogP contribution in [0.3, 0.4) is 0 Å². The van der Waals surface area contributed by atoms with Crippen molar-refractivity contribution in [1.82, 2.24) is 0 Å². The molecular weight excluding hydrogens is 613 g/mol. The minimum absolute atomic E-state index is 0.802. The maximum Gasteiger partial charge on any atom is 0.263 e. The van der Waals surface area contributed by atoms with Crippen molar-refractivity contribution in [2.45, 2.75) is 89.5 Å². The predicted molar refractivity (Wildman–Crippen MR) is 196 cm³/mol. The maximum atomic E-state index is 4.06. The van der Waals surface area contributed by atoms with Crippen LogP contribution in [0.4, 0.5) is 5.69 Å². The number of hydrogen-bond donors (Lipinski definition) is 0. The number of thiazole rings is 1. The third-order valence-corrected chi connectivity index (χ3v) is 13.8. The van der Waals surface area contributed by atoms with Gasteiger partial charge in [0.25, 0.3) is 5.01 Å². The molecule has 7 rings (SSSR count). The third kappa shape index (κ3) is 6.74. The Bertz CT molecular complexity index is 1680. The summed E-state index contributed by atoms with van der Waals surface area (Å²) in [7, 11) is 0. The molecule has 0 atom stereocenters. The summed E-state index contributed by atoms with van der Waals surface area (Å²) >= 11 is 7.88. The van der Waals surface area contributed by atoms with Crippen LogP contribution in [0.25, 0.3) is 16.3 Å². The molecule has 4 aliphatic rings. The van der Waals surface area contributed by atoms with Crippen molar-refractivity contribution in [3.8, 4) is 0 Å². The highest BCUT2D eigenvalue weighted by Crippen LogP contribution is 2.48. The summed E-state index contributed by atoms with van der Waals surface area (Å²) in [5, 5.41) is 4.19. The first-order valence-corrected chi connectivity index (χ1v) is 19.5. The lowest BCUT2D eigenvalue weighted by Gasteiger charge is -2.25. The lowest BCUT2D eigenvalue weighted by molar-refractivity contribution is -0.658. The minimum atomic E-state index is 0.802. The summed E-state index contributed by atoms with van der Waals surface area (Å²) in [6.07, 6.45) is 27.4. The van der Waals surface area contributed by atoms with Gasteiger partial charge in [-0.2, -0.15) is 4.57 Å². The largest absolute Gasteiger partial charge is 0.331 e. The van der Waals surface area contributed by atoms with E-state index in [1.807, 2.05) is 35.3 Å². The zero-order valence-corrected chi connectivity index (χ0v) is 28.6. The number of allylic oxidation sites excluding steroid dienone is 7. The van der Waals surface area contributed by atoms with Crippen LogP contribution in [0.5, 0.6) is 0 Å². The average Bonchev–Trinajstić information content (AvgIpc) is 3.52. The van der Waals surface area contributed by atoms with Gasteiger partial charge in [-0.05, 0) is 98.6 Å². The lowest BCUT2D eigenvalue weighted by Crippen LogP contribution is -2.33. The van der Waals surface area contributed by atoms with Crippen molar-refractivity contribution in [3.05, 3.63) is 107 Å². The van der Waals surface area contributed by atoms with Crippen LogP contribution in [-0.4, -0.2) is 17.0 Å². The molecule has 0 bridgehead atoms. The van der Waals surface area contributed by atoms with Crippen molar-refractivity contribution >= 4 is 68.6 Å². The molecule has 6 heteroatoms. The normalized spacial score (nSPS) is 20.7. The average molecular weight is 654 g/mol. The van der Waals surface area contributed by atoms with E-state index in [0.29, 0.717) is 0 Å². The van der Waals surface area contributed by atoms with Gasteiger partial charge >= 0.3 is 0 Å². The summed E-state index contributed by atoms with van der Waals surface area (Å²) in [5.74, 6) is 0. The Kier molecular flexibility index (Phi) is 9.60. The number of fused-ring (bicyclic) bond motifs is 2. The van der Waals surface area contributed by atoms with E-state index in [9.17, 15) is 0 Å². The summed E-state index contributed by atoms with van der Waals surface area (Å²) in [6, 6.07) is 14.0. The second kappa shape index (κ2) is 13.9. The Morgan fingerprint density at radius 2 is 1.64 bits per heavy atom. The molecule has 2 aromatic carbocycles. The van der Waals surface area contributed by atoms with Crippen LogP contribution in [0.1, 0.15) is 62.8 Å². The van der Waals surface area contributed by atoms with Crippen LogP contribution < -0.4 is 9.47 Å². The number of thioether (sulfide) groups is 3. The van der Waals surface area contributed by atoms with Crippen LogP contribution in [0.15, 0.2) is 117 Å². The first-order valence-electron chi connectivity index (χ1n) is 16.1. The van der Waals surface area contributed by atoms with E-state index in [2.05, 4.69) is 113 Å². The number of aromatic nitrogens is 1. The van der Waals surface area contributed by atoms with Gasteiger partial charge in [-0.3, -0.25) is 0 Å². The smallest absolute Gasteiger partial charge is 0.263 e. The van der Waals surface area contributed by atoms with E-state index in [-0.39, 0.29) is 0 Å². The molecular formula is C38H41N2S4+. The SMILES string of the molecule is C=CCN1C(=CC=C2C=C(C=Cc3sc4ccc(SC5CCC5)cc4[n+]3CC=C)CCC2)Sc2ccc(SC3CCC3)cc21. The molecule has 0 radical (unpaired) electrons. The van der Waals surface area contributed by atoms with Crippen LogP contribution in [-0.2, 0) is 6.54 Å². The Morgan fingerprint density at radius 3 is 2.36 bits per heavy atom. The molecule has 0 spiro atoms. The van der Waals surface area contributed by atoms with Gasteiger partial charge in [0.2, 0.25) is 5.52 Å². The number of nitrogens with zero attached hydrogens (tertiary/aromatic N) is 2. The number of hydrogen-bond acceptors (Lipinski definition) is 5. The van der Waals surface area contributed by atoms with Gasteiger partial charge in [-0.25, -0.2) is 0 Å². The topological polar surface area (TPSA) is 7.12 Å². The molecule has 0 saturated heterocycles. The summed E-state index contributed by atoms with van der Waals surface area (Å²) in [5.41, 5.74) is 5.48. The monoisotopic (exact) mass is 653 g/mol. The van der Waals surface area contributed by atoms with Crippen molar-refractivity contribution < 1.29 is 4.57 Å². The molecule has 44 heavy (non-hydrogen) atoms. The fraction of sp³-hybridized carbons (Fsp3) is 0.342. The highest BCUT2D eigenvalue weighted by atomic mass is 32.2. The number of anilines is 1. The van der Waals surface area contributed by atoms with Gasteiger partial charge in [0, 0.05) is 43.9 Å². The maximum absolute atomic E-state index is 4.06. The Morgan fingerprint density at radius 1 is 0.864 bits per heavy atom. The van der Waals surface area contributed by atoms with E-state index in [1.165, 1.54) is 96.7 Å². The highest BCUT2D eigenvalue weighted by Gasteiger charge is 2.26. The molecule has 2 fully saturated rings. The molecule has 226 valence electrons. The second-order valence-electron chi connectivity index (χ2n) is 12.1. The molecule has 0 unspecified atom stereocenters. The van der Waals surface area contributed by atoms with Crippen LogP contribution in [0.2, 0.25) is 0 Å². The molecule has 3 aromatic rings. The summed E-state index contributed by atoms with van der Waals surface area (Å²) < 4.78 is 3.78. The van der Waals surface area contributed by atoms with E-state index in [0.717, 1.165) is 36.4 Å². The number of benzene rings is 2. The standard InChI is InChI=1S/C38H41N2S4/c1-3-22-39-33-25-31(41-29-10-6-11-29)16-18-35(33)43-37(39)20-14-27-8-5-9-28(24-27)15-21-38-40(23-4-2)34-26-32(17-19-36(34)44-38)42-30-12-7-13-30/h3-4,14-21,24-26,29-30H,1-2,5-13,22-23H2/q+1. The Balaban J connectivity index is 1.09. The van der Waals surface area contributed by atoms with E-state index < -0.39 is 0 Å². The molecule has 1 aliphatic heterocycles. The fourth-order valence-corrected chi connectivity index (χ4v) is 10.7. The fourth-order valence-electron chi connectivity index (χ4n) is 6.05.